The predicted octanol–water partition coefficient (Wildman–Crippen LogP) is 5.62. The van der Waals surface area contributed by atoms with Gasteiger partial charge in [0.25, 0.3) is 5.91 Å². The number of nitrogens with zero attached hydrogens (tertiary/aromatic N) is 4. The lowest BCUT2D eigenvalue weighted by Gasteiger charge is -2.32. The smallest absolute Gasteiger partial charge is 0.322 e. The Morgan fingerprint density at radius 3 is 2.45 bits per heavy atom. The van der Waals surface area contributed by atoms with Gasteiger partial charge in [-0.15, -0.1) is 0 Å². The van der Waals surface area contributed by atoms with Crippen LogP contribution in [0.25, 0.3) is 22.3 Å². The molecule has 5 rings (SSSR count). The van der Waals surface area contributed by atoms with Crippen LogP contribution in [0.1, 0.15) is 27.0 Å². The van der Waals surface area contributed by atoms with Gasteiger partial charge in [-0.05, 0) is 67.6 Å². The van der Waals surface area contributed by atoms with Crippen molar-refractivity contribution in [3.05, 3.63) is 89.1 Å². The molecule has 1 N–H and O–H groups in total. The number of hydrogen-bond acceptors (Lipinski definition) is 5. The average molecular weight is 520 g/mol. The number of hydrogen-bond donors (Lipinski definition) is 1. The van der Waals surface area contributed by atoms with E-state index in [9.17, 15) is 18.0 Å². The predicted molar refractivity (Wildman–Crippen MR) is 142 cm³/mol. The summed E-state index contributed by atoms with van der Waals surface area (Å²) in [4.78, 5) is 26.6. The van der Waals surface area contributed by atoms with E-state index in [1.165, 1.54) is 0 Å². The van der Waals surface area contributed by atoms with Gasteiger partial charge >= 0.3 is 6.18 Å². The minimum atomic E-state index is -4.52. The van der Waals surface area contributed by atoms with E-state index in [4.69, 9.17) is 0 Å². The van der Waals surface area contributed by atoms with Crippen LogP contribution in [0.2, 0.25) is 0 Å². The maximum atomic E-state index is 13.7. The summed E-state index contributed by atoms with van der Waals surface area (Å²) in [6, 6.07) is 16.4. The maximum Gasteiger partial charge on any atom is 0.416 e. The highest BCUT2D eigenvalue weighted by atomic mass is 19.4. The largest absolute Gasteiger partial charge is 0.416 e. The lowest BCUT2D eigenvalue weighted by molar-refractivity contribution is -0.137. The molecule has 1 amide bonds. The van der Waals surface area contributed by atoms with Crippen molar-refractivity contribution in [2.75, 3.05) is 38.5 Å². The normalized spacial score (nSPS) is 15.1. The summed E-state index contributed by atoms with van der Waals surface area (Å²) < 4.78 is 41.1. The first-order valence-corrected chi connectivity index (χ1v) is 12.4. The van der Waals surface area contributed by atoms with Gasteiger partial charge in [0.15, 0.2) is 0 Å². The summed E-state index contributed by atoms with van der Waals surface area (Å²) in [5, 5.41) is 2.68. The van der Waals surface area contributed by atoms with Gasteiger partial charge in [0.2, 0.25) is 0 Å². The fraction of sp³-hybridized carbons (Fsp3) is 0.276. The molecule has 0 saturated carbocycles. The zero-order chi connectivity index (χ0) is 26.9. The molecule has 1 saturated heterocycles. The minimum Gasteiger partial charge on any atom is -0.322 e. The molecule has 9 heteroatoms. The van der Waals surface area contributed by atoms with Crippen LogP contribution in [-0.4, -0.2) is 58.9 Å². The van der Waals surface area contributed by atoms with E-state index in [2.05, 4.69) is 25.1 Å². The highest BCUT2D eigenvalue weighted by molar-refractivity contribution is 6.05. The number of likely N-dealkylation sites (N-methyl/N-ethyl adjacent to an activating group) is 1. The topological polar surface area (TPSA) is 61.4 Å². The van der Waals surface area contributed by atoms with Gasteiger partial charge in [-0.1, -0.05) is 18.2 Å². The number of para-hydroxylation sites is 2. The monoisotopic (exact) mass is 519 g/mol. The highest BCUT2D eigenvalue weighted by Crippen LogP contribution is 2.33. The Morgan fingerprint density at radius 1 is 0.974 bits per heavy atom. The third kappa shape index (κ3) is 5.84. The lowest BCUT2D eigenvalue weighted by Crippen LogP contribution is -2.43. The molecule has 1 fully saturated rings. The SMILES string of the molecule is Cc1ccc(C(=O)Nc2cc(CN3CCN(C)CC3)cc(C(F)(F)F)c2)cc1-c1cnc2ccccc2n1. The maximum absolute atomic E-state index is 13.7. The van der Waals surface area contributed by atoms with E-state index in [1.54, 1.807) is 30.5 Å². The lowest BCUT2D eigenvalue weighted by atomic mass is 10.0. The van der Waals surface area contributed by atoms with Gasteiger partial charge in [-0.2, -0.15) is 13.2 Å². The number of aryl methyl sites for hydroxylation is 1. The number of amides is 1. The second-order valence-corrected chi connectivity index (χ2v) is 9.72. The Bertz CT molecular complexity index is 1480. The van der Waals surface area contributed by atoms with Crippen molar-refractivity contribution >= 4 is 22.6 Å². The first kappa shape index (κ1) is 25.8. The van der Waals surface area contributed by atoms with E-state index < -0.39 is 17.6 Å². The van der Waals surface area contributed by atoms with Crippen molar-refractivity contribution < 1.29 is 18.0 Å². The molecule has 0 bridgehead atoms. The van der Waals surface area contributed by atoms with E-state index in [0.717, 1.165) is 60.5 Å². The van der Waals surface area contributed by atoms with Gasteiger partial charge in [-0.25, -0.2) is 4.98 Å². The molecule has 2 heterocycles. The van der Waals surface area contributed by atoms with Crippen molar-refractivity contribution in [2.24, 2.45) is 0 Å². The Balaban J connectivity index is 1.41. The number of nitrogens with one attached hydrogen (secondary N) is 1. The van der Waals surface area contributed by atoms with Gasteiger partial charge in [0, 0.05) is 49.5 Å². The van der Waals surface area contributed by atoms with Crippen molar-refractivity contribution in [1.82, 2.24) is 19.8 Å². The number of aromatic nitrogens is 2. The summed E-state index contributed by atoms with van der Waals surface area (Å²) >= 11 is 0. The van der Waals surface area contributed by atoms with Crippen LogP contribution in [0.3, 0.4) is 0 Å². The third-order valence-electron chi connectivity index (χ3n) is 6.80. The van der Waals surface area contributed by atoms with Crippen LogP contribution >= 0.6 is 0 Å². The Kier molecular flexibility index (Phi) is 7.14. The summed E-state index contributed by atoms with van der Waals surface area (Å²) in [7, 11) is 2.03. The van der Waals surface area contributed by atoms with Gasteiger partial charge < -0.3 is 10.2 Å². The van der Waals surface area contributed by atoms with Gasteiger partial charge in [0.1, 0.15) is 0 Å². The van der Waals surface area contributed by atoms with Gasteiger partial charge in [0.05, 0.1) is 28.5 Å². The first-order chi connectivity index (χ1) is 18.2. The molecular formula is C29H28F3N5O. The van der Waals surface area contributed by atoms with E-state index in [-0.39, 0.29) is 5.69 Å². The van der Waals surface area contributed by atoms with Crippen LogP contribution in [0.5, 0.6) is 0 Å². The highest BCUT2D eigenvalue weighted by Gasteiger charge is 2.31. The summed E-state index contributed by atoms with van der Waals surface area (Å²) in [5.74, 6) is -0.495. The molecule has 38 heavy (non-hydrogen) atoms. The van der Waals surface area contributed by atoms with Crippen LogP contribution < -0.4 is 5.32 Å². The fourth-order valence-corrected chi connectivity index (χ4v) is 4.61. The number of halogens is 3. The zero-order valence-electron chi connectivity index (χ0n) is 21.2. The van der Waals surface area contributed by atoms with Crippen molar-refractivity contribution in [1.29, 1.82) is 0 Å². The second kappa shape index (κ2) is 10.5. The number of carbonyl (C=O) groups excluding carboxylic acids is 1. The number of alkyl halides is 3. The Hall–Kier alpha value is -3.82. The zero-order valence-corrected chi connectivity index (χ0v) is 21.2. The number of benzene rings is 3. The summed E-state index contributed by atoms with van der Waals surface area (Å²) in [6.45, 7) is 5.57. The molecule has 6 nitrogen and oxygen atoms in total. The third-order valence-corrected chi connectivity index (χ3v) is 6.80. The molecule has 0 spiro atoms. The van der Waals surface area contributed by atoms with Crippen LogP contribution in [-0.2, 0) is 12.7 Å². The molecule has 3 aromatic carbocycles. The number of fused-ring (bicyclic) bond motifs is 1. The molecule has 0 unspecified atom stereocenters. The summed E-state index contributed by atoms with van der Waals surface area (Å²) in [5.41, 5.74) is 3.90. The number of piperazine rings is 1. The molecule has 1 aliphatic rings. The molecule has 1 aliphatic heterocycles. The van der Waals surface area contributed by atoms with E-state index >= 15 is 0 Å². The quantitative estimate of drug-likeness (QED) is 0.371. The number of carbonyl (C=O) groups is 1. The second-order valence-electron chi connectivity index (χ2n) is 9.72. The molecule has 0 atom stereocenters. The summed E-state index contributed by atoms with van der Waals surface area (Å²) in [6.07, 6.45) is -2.87. The molecule has 0 aliphatic carbocycles. The molecule has 4 aromatic rings. The van der Waals surface area contributed by atoms with Crippen LogP contribution in [0, 0.1) is 6.92 Å². The number of rotatable bonds is 5. The molecular weight excluding hydrogens is 491 g/mol. The molecule has 196 valence electrons. The number of anilines is 1. The van der Waals surface area contributed by atoms with Crippen LogP contribution in [0.4, 0.5) is 18.9 Å². The van der Waals surface area contributed by atoms with Crippen molar-refractivity contribution in [2.45, 2.75) is 19.6 Å². The van der Waals surface area contributed by atoms with Gasteiger partial charge in [-0.3, -0.25) is 14.7 Å². The van der Waals surface area contributed by atoms with Crippen molar-refractivity contribution in [3.8, 4) is 11.3 Å². The Morgan fingerprint density at radius 2 is 1.71 bits per heavy atom. The van der Waals surface area contributed by atoms with Crippen molar-refractivity contribution in [3.63, 3.8) is 0 Å². The van der Waals surface area contributed by atoms with E-state index in [1.807, 2.05) is 38.2 Å². The minimum absolute atomic E-state index is 0.113. The van der Waals surface area contributed by atoms with Crippen LogP contribution in [0.15, 0.2) is 66.9 Å². The average Bonchev–Trinajstić information content (AvgIpc) is 2.89. The molecule has 0 radical (unpaired) electrons. The Labute approximate surface area is 219 Å². The molecule has 1 aromatic heterocycles. The van der Waals surface area contributed by atoms with E-state index in [0.29, 0.717) is 23.4 Å². The first-order valence-electron chi connectivity index (χ1n) is 12.4. The fourth-order valence-electron chi connectivity index (χ4n) is 4.61. The standard InChI is InChI=1S/C29H28F3N5O/c1-19-7-8-21(15-24(19)27-17-33-25-5-3-4-6-26(25)35-27)28(38)34-23-14-20(13-22(16-23)29(30,31)32)18-37-11-9-36(2)10-12-37/h3-8,13-17H,9-12,18H2,1-2H3,(H,34,38).